The average Bonchev–Trinajstić information content (AvgIpc) is 3.10. The highest BCUT2D eigenvalue weighted by atomic mass is 16.5. The largest absolute Gasteiger partial charge is 0.491 e. The van der Waals surface area contributed by atoms with Crippen molar-refractivity contribution in [1.82, 2.24) is 19.6 Å². The smallest absolute Gasteiger partial charge is 0.119 e. The normalized spacial score (nSPS) is 21.1. The lowest BCUT2D eigenvalue weighted by molar-refractivity contribution is 0.0763. The second kappa shape index (κ2) is 18.0. The summed E-state index contributed by atoms with van der Waals surface area (Å²) in [4.78, 5) is 10.6. The summed E-state index contributed by atoms with van der Waals surface area (Å²) in [6.07, 6.45) is 0. The van der Waals surface area contributed by atoms with Crippen LogP contribution in [0.15, 0.2) is 109 Å². The van der Waals surface area contributed by atoms with E-state index < -0.39 is 0 Å². The summed E-state index contributed by atoms with van der Waals surface area (Å²) < 4.78 is 18.0. The van der Waals surface area contributed by atoms with E-state index in [1.165, 1.54) is 22.3 Å². The molecule has 1 saturated heterocycles. The van der Waals surface area contributed by atoms with Crippen LogP contribution in [0.1, 0.15) is 22.3 Å². The zero-order chi connectivity index (χ0) is 31.9. The van der Waals surface area contributed by atoms with Gasteiger partial charge in [-0.3, -0.25) is 19.6 Å². The van der Waals surface area contributed by atoms with Gasteiger partial charge in [-0.2, -0.15) is 0 Å². The van der Waals surface area contributed by atoms with E-state index in [1.54, 1.807) is 0 Å². The molecule has 0 amide bonds. The second-order valence-electron chi connectivity index (χ2n) is 12.7. The Bertz CT molecular complexity index is 1340. The van der Waals surface area contributed by atoms with Gasteiger partial charge in [0.05, 0.1) is 13.2 Å². The van der Waals surface area contributed by atoms with Crippen LogP contribution in [0.3, 0.4) is 0 Å². The van der Waals surface area contributed by atoms with E-state index in [0.717, 1.165) is 90.0 Å². The van der Waals surface area contributed by atoms with E-state index in [0.29, 0.717) is 26.4 Å². The molecular formula is C40H50N4O3. The maximum Gasteiger partial charge on any atom is 0.119 e. The SMILES string of the molecule is c1ccc(CN2CCN3CCN(Cc4ccccc4)CCN(CC2)Cc2cccc(c2)OCCOCCOc2cccc(c2)C3)cc1. The summed E-state index contributed by atoms with van der Waals surface area (Å²) in [5.41, 5.74) is 5.30. The van der Waals surface area contributed by atoms with E-state index >= 15 is 0 Å². The molecule has 0 unspecified atom stereocenters. The number of hydrogen-bond acceptors (Lipinski definition) is 7. The van der Waals surface area contributed by atoms with Crippen LogP contribution < -0.4 is 9.47 Å². The fourth-order valence-corrected chi connectivity index (χ4v) is 6.42. The molecule has 7 rings (SSSR count). The van der Waals surface area contributed by atoms with Crippen LogP contribution in [-0.4, -0.2) is 98.4 Å². The number of fused-ring (bicyclic) bond motifs is 14. The third-order valence-corrected chi connectivity index (χ3v) is 9.03. The fraction of sp³-hybridized carbons (Fsp3) is 0.400. The van der Waals surface area contributed by atoms with Crippen molar-refractivity contribution in [3.8, 4) is 11.5 Å². The molecule has 3 heterocycles. The lowest BCUT2D eigenvalue weighted by Gasteiger charge is -2.34. The van der Waals surface area contributed by atoms with Gasteiger partial charge in [-0.25, -0.2) is 0 Å². The molecule has 6 bridgehead atoms. The summed E-state index contributed by atoms with van der Waals surface area (Å²) in [6.45, 7) is 13.9. The molecule has 3 aliphatic heterocycles. The van der Waals surface area contributed by atoms with Crippen LogP contribution in [0, 0.1) is 0 Å². The number of rotatable bonds is 4. The van der Waals surface area contributed by atoms with Crippen molar-refractivity contribution in [3.05, 3.63) is 131 Å². The molecule has 7 heteroatoms. The summed E-state index contributed by atoms with van der Waals surface area (Å²) in [7, 11) is 0. The monoisotopic (exact) mass is 634 g/mol. The van der Waals surface area contributed by atoms with Crippen LogP contribution in [0.4, 0.5) is 0 Å². The minimum Gasteiger partial charge on any atom is -0.491 e. The Balaban J connectivity index is 1.28. The molecular weight excluding hydrogens is 584 g/mol. The minimum atomic E-state index is 0.515. The van der Waals surface area contributed by atoms with E-state index in [-0.39, 0.29) is 0 Å². The zero-order valence-corrected chi connectivity index (χ0v) is 27.7. The van der Waals surface area contributed by atoms with Crippen LogP contribution in [0.25, 0.3) is 0 Å². The van der Waals surface area contributed by atoms with E-state index in [4.69, 9.17) is 14.2 Å². The molecule has 0 saturated carbocycles. The third-order valence-electron chi connectivity index (χ3n) is 9.03. The first-order valence-electron chi connectivity index (χ1n) is 17.2. The van der Waals surface area contributed by atoms with Crippen molar-refractivity contribution < 1.29 is 14.2 Å². The maximum atomic E-state index is 6.09. The second-order valence-corrected chi connectivity index (χ2v) is 12.7. The fourth-order valence-electron chi connectivity index (χ4n) is 6.42. The quantitative estimate of drug-likeness (QED) is 0.263. The molecule has 47 heavy (non-hydrogen) atoms. The van der Waals surface area contributed by atoms with Gasteiger partial charge in [-0.1, -0.05) is 84.9 Å². The third kappa shape index (κ3) is 11.2. The Labute approximate surface area is 281 Å². The van der Waals surface area contributed by atoms with Gasteiger partial charge in [-0.05, 0) is 46.5 Å². The van der Waals surface area contributed by atoms with Gasteiger partial charge in [0.2, 0.25) is 0 Å². The van der Waals surface area contributed by atoms with Crippen LogP contribution in [0.5, 0.6) is 11.5 Å². The van der Waals surface area contributed by atoms with Gasteiger partial charge < -0.3 is 14.2 Å². The zero-order valence-electron chi connectivity index (χ0n) is 27.7. The Hall–Kier alpha value is -3.72. The van der Waals surface area contributed by atoms with Crippen LogP contribution in [0.2, 0.25) is 0 Å². The first-order chi connectivity index (χ1) is 23.2. The van der Waals surface area contributed by atoms with Gasteiger partial charge in [0.25, 0.3) is 0 Å². The highest BCUT2D eigenvalue weighted by molar-refractivity contribution is 5.29. The van der Waals surface area contributed by atoms with Crippen molar-refractivity contribution in [1.29, 1.82) is 0 Å². The summed E-state index contributed by atoms with van der Waals surface area (Å²) in [5.74, 6) is 1.79. The first-order valence-corrected chi connectivity index (χ1v) is 17.2. The lowest BCUT2D eigenvalue weighted by atomic mass is 10.1. The molecule has 0 spiro atoms. The Morgan fingerprint density at radius 3 is 1.28 bits per heavy atom. The molecule has 4 aromatic rings. The van der Waals surface area contributed by atoms with E-state index in [2.05, 4.69) is 117 Å². The van der Waals surface area contributed by atoms with Gasteiger partial charge >= 0.3 is 0 Å². The van der Waals surface area contributed by atoms with Gasteiger partial charge in [-0.15, -0.1) is 0 Å². The van der Waals surface area contributed by atoms with Crippen molar-refractivity contribution in [2.24, 2.45) is 0 Å². The summed E-state index contributed by atoms with van der Waals surface area (Å²) in [5, 5.41) is 0. The summed E-state index contributed by atoms with van der Waals surface area (Å²) >= 11 is 0. The van der Waals surface area contributed by atoms with Crippen molar-refractivity contribution in [3.63, 3.8) is 0 Å². The Morgan fingerprint density at radius 1 is 0.426 bits per heavy atom. The first kappa shape index (κ1) is 33.2. The molecule has 0 aliphatic carbocycles. The molecule has 1 fully saturated rings. The van der Waals surface area contributed by atoms with Crippen LogP contribution in [-0.2, 0) is 30.9 Å². The molecule has 0 atom stereocenters. The predicted octanol–water partition coefficient (Wildman–Crippen LogP) is 5.80. The minimum absolute atomic E-state index is 0.515. The van der Waals surface area contributed by atoms with Crippen molar-refractivity contribution >= 4 is 0 Å². The number of benzene rings is 4. The molecule has 248 valence electrons. The standard InChI is InChI=1S/C40H50N4O3/c1-3-9-35(10-4-1)31-41-17-21-43-23-19-42(32-36-11-5-2-6-12-36)20-24-44(22-18-41)34-38-14-8-16-40(30-38)47-28-26-45-25-27-46-39-15-7-13-37(29-39)33-43/h1-16,29-30H,17-28,31-34H2. The Morgan fingerprint density at radius 2 is 0.851 bits per heavy atom. The van der Waals surface area contributed by atoms with E-state index in [9.17, 15) is 0 Å². The number of nitrogens with zero attached hydrogens (tertiary/aromatic N) is 4. The van der Waals surface area contributed by atoms with Crippen molar-refractivity contribution in [2.45, 2.75) is 26.2 Å². The number of hydrogen-bond donors (Lipinski definition) is 0. The number of ether oxygens (including phenoxy) is 3. The van der Waals surface area contributed by atoms with Crippen LogP contribution >= 0.6 is 0 Å². The molecule has 0 N–H and O–H groups in total. The molecule has 7 nitrogen and oxygen atoms in total. The van der Waals surface area contributed by atoms with Gasteiger partial charge in [0, 0.05) is 78.5 Å². The maximum absolute atomic E-state index is 6.09. The lowest BCUT2D eigenvalue weighted by Crippen LogP contribution is -2.45. The van der Waals surface area contributed by atoms with Crippen molar-refractivity contribution in [2.75, 3.05) is 78.8 Å². The molecule has 0 aromatic heterocycles. The predicted molar refractivity (Wildman–Crippen MR) is 189 cm³/mol. The molecule has 4 aromatic carbocycles. The average molecular weight is 635 g/mol. The highest BCUT2D eigenvalue weighted by Crippen LogP contribution is 2.18. The Kier molecular flexibility index (Phi) is 12.7. The highest BCUT2D eigenvalue weighted by Gasteiger charge is 2.18. The van der Waals surface area contributed by atoms with Gasteiger partial charge in [0.1, 0.15) is 24.7 Å². The topological polar surface area (TPSA) is 40.7 Å². The van der Waals surface area contributed by atoms with E-state index in [1.807, 2.05) is 12.1 Å². The molecule has 3 aliphatic rings. The summed E-state index contributed by atoms with van der Waals surface area (Å²) in [6, 6.07) is 39.0. The molecule has 0 radical (unpaired) electrons. The van der Waals surface area contributed by atoms with Gasteiger partial charge in [0.15, 0.2) is 0 Å².